The first-order chi connectivity index (χ1) is 20.4. The zero-order valence-electron chi connectivity index (χ0n) is 24.4. The summed E-state index contributed by atoms with van der Waals surface area (Å²) in [6.45, 7) is 7.44. The molecule has 7 nitrogen and oxygen atoms in total. The number of pyridine rings is 1. The number of likely N-dealkylation sites (N-methyl/N-ethyl adjacent to an activating group) is 1. The maximum Gasteiger partial charge on any atom is 0.337 e. The van der Waals surface area contributed by atoms with Crippen molar-refractivity contribution in [2.45, 2.75) is 45.8 Å². The fraction of sp³-hybridized carbons (Fsp3) is 0.235. The zero-order valence-corrected chi connectivity index (χ0v) is 26.0. The van der Waals surface area contributed by atoms with Crippen molar-refractivity contribution < 1.29 is 19.4 Å². The predicted molar refractivity (Wildman–Crippen MR) is 172 cm³/mol. The van der Waals surface area contributed by atoms with Crippen LogP contribution in [-0.4, -0.2) is 39.6 Å². The number of fused-ring (bicyclic) bond motifs is 2. The van der Waals surface area contributed by atoms with E-state index in [1.165, 1.54) is 11.3 Å². The molecule has 0 saturated carbocycles. The minimum atomic E-state index is -1.19. The average molecular weight is 612 g/mol. The number of carbonyl (C=O) groups excluding carboxylic acids is 1. The molecule has 0 radical (unpaired) electrons. The van der Waals surface area contributed by atoms with E-state index in [2.05, 4.69) is 4.98 Å². The summed E-state index contributed by atoms with van der Waals surface area (Å²) in [7, 11) is 1.79. The van der Waals surface area contributed by atoms with Crippen molar-refractivity contribution in [1.29, 1.82) is 0 Å². The number of rotatable bonds is 6. The topological polar surface area (TPSA) is 92.6 Å². The second-order valence-electron chi connectivity index (χ2n) is 11.7. The molecule has 1 N–H and O–H groups in total. The van der Waals surface area contributed by atoms with E-state index < -0.39 is 17.7 Å². The number of anilines is 1. The molecule has 3 heterocycles. The number of thiazole rings is 1. The molecule has 218 valence electrons. The van der Waals surface area contributed by atoms with Crippen LogP contribution in [0.3, 0.4) is 0 Å². The molecule has 1 atom stereocenters. The highest BCUT2D eigenvalue weighted by Gasteiger charge is 2.32. The number of carbonyl (C=O) groups is 2. The lowest BCUT2D eigenvalue weighted by Gasteiger charge is -2.28. The van der Waals surface area contributed by atoms with E-state index in [1.807, 2.05) is 76.2 Å². The molecule has 1 aliphatic heterocycles. The molecule has 0 bridgehead atoms. The van der Waals surface area contributed by atoms with Crippen molar-refractivity contribution in [2.24, 2.45) is 0 Å². The number of aryl methyl sites for hydroxylation is 1. The second kappa shape index (κ2) is 10.9. The number of aliphatic carboxylic acids is 1. The van der Waals surface area contributed by atoms with Crippen LogP contribution in [0.1, 0.15) is 43.6 Å². The van der Waals surface area contributed by atoms with Gasteiger partial charge in [-0.25, -0.2) is 9.78 Å². The highest BCUT2D eigenvalue weighted by molar-refractivity contribution is 7.22. The van der Waals surface area contributed by atoms with Gasteiger partial charge in [-0.05, 0) is 80.8 Å². The summed E-state index contributed by atoms with van der Waals surface area (Å²) in [4.78, 5) is 36.4. The van der Waals surface area contributed by atoms with Gasteiger partial charge in [-0.3, -0.25) is 9.78 Å². The highest BCUT2D eigenvalue weighted by Crippen LogP contribution is 2.45. The van der Waals surface area contributed by atoms with Crippen LogP contribution in [-0.2, 0) is 20.7 Å². The second-order valence-corrected chi connectivity index (χ2v) is 13.1. The first-order valence-corrected chi connectivity index (χ1v) is 15.1. The van der Waals surface area contributed by atoms with Gasteiger partial charge in [0, 0.05) is 46.2 Å². The largest absolute Gasteiger partial charge is 0.479 e. The monoisotopic (exact) mass is 611 g/mol. The van der Waals surface area contributed by atoms with E-state index in [-0.39, 0.29) is 5.91 Å². The summed E-state index contributed by atoms with van der Waals surface area (Å²) in [6, 6.07) is 19.1. The Hall–Kier alpha value is -4.11. The Morgan fingerprint density at radius 1 is 1.09 bits per heavy atom. The normalized spacial score (nSPS) is 13.9. The number of nitrogens with zero attached hydrogens (tertiary/aromatic N) is 3. The van der Waals surface area contributed by atoms with Crippen LogP contribution < -0.4 is 4.90 Å². The fourth-order valence-electron chi connectivity index (χ4n) is 5.59. The number of benzene rings is 3. The third-order valence-corrected chi connectivity index (χ3v) is 8.91. The molecule has 9 heteroatoms. The van der Waals surface area contributed by atoms with Crippen LogP contribution in [0.4, 0.5) is 5.69 Å². The third-order valence-electron chi connectivity index (χ3n) is 7.52. The van der Waals surface area contributed by atoms with Gasteiger partial charge in [0.15, 0.2) is 6.10 Å². The van der Waals surface area contributed by atoms with E-state index in [4.69, 9.17) is 21.3 Å². The molecular formula is C34H30ClN3O4S. The number of aromatic nitrogens is 2. The smallest absolute Gasteiger partial charge is 0.337 e. The lowest BCUT2D eigenvalue weighted by atomic mass is 9.91. The first-order valence-electron chi connectivity index (χ1n) is 13.9. The number of hydrogen-bond donors (Lipinski definition) is 1. The van der Waals surface area contributed by atoms with Gasteiger partial charge in [0.05, 0.1) is 27.9 Å². The fourth-order valence-corrected chi connectivity index (χ4v) is 6.84. The van der Waals surface area contributed by atoms with E-state index in [9.17, 15) is 14.7 Å². The minimum Gasteiger partial charge on any atom is -0.479 e. The number of ether oxygens (including phenoxy) is 1. The molecule has 2 aromatic heterocycles. The molecule has 43 heavy (non-hydrogen) atoms. The van der Waals surface area contributed by atoms with Crippen molar-refractivity contribution in [3.63, 3.8) is 0 Å². The summed E-state index contributed by atoms with van der Waals surface area (Å²) in [5.74, 6) is -1.00. The molecule has 0 aliphatic carbocycles. The average Bonchev–Trinajstić information content (AvgIpc) is 3.51. The van der Waals surface area contributed by atoms with Crippen molar-refractivity contribution >= 4 is 50.7 Å². The number of amides is 1. The maximum absolute atomic E-state index is 12.6. The Bertz CT molecular complexity index is 1910. The lowest BCUT2D eigenvalue weighted by molar-refractivity contribution is -0.160. The summed E-state index contributed by atoms with van der Waals surface area (Å²) in [5.41, 5.74) is 7.46. The molecule has 0 fully saturated rings. The zero-order chi connectivity index (χ0) is 30.6. The third kappa shape index (κ3) is 5.42. The molecular weight excluding hydrogens is 582 g/mol. The Kier molecular flexibility index (Phi) is 7.32. The van der Waals surface area contributed by atoms with Crippen LogP contribution >= 0.6 is 22.9 Å². The van der Waals surface area contributed by atoms with Gasteiger partial charge >= 0.3 is 5.97 Å². The number of carboxylic acid groups (broad SMARTS) is 1. The Labute approximate surface area is 258 Å². The highest BCUT2D eigenvalue weighted by atomic mass is 35.5. The Morgan fingerprint density at radius 3 is 2.53 bits per heavy atom. The van der Waals surface area contributed by atoms with E-state index in [1.54, 1.807) is 30.3 Å². The van der Waals surface area contributed by atoms with E-state index in [0.717, 1.165) is 60.0 Å². The van der Waals surface area contributed by atoms with Crippen molar-refractivity contribution in [2.75, 3.05) is 11.9 Å². The molecule has 1 amide bonds. The molecule has 0 spiro atoms. The predicted octanol–water partition coefficient (Wildman–Crippen LogP) is 8.11. The first kappa shape index (κ1) is 29.0. The molecule has 1 aliphatic rings. The molecule has 0 saturated heterocycles. The van der Waals surface area contributed by atoms with Gasteiger partial charge < -0.3 is 14.7 Å². The van der Waals surface area contributed by atoms with Crippen LogP contribution in [0.2, 0.25) is 5.02 Å². The molecule has 1 unspecified atom stereocenters. The van der Waals surface area contributed by atoms with Crippen LogP contribution in [0.5, 0.6) is 0 Å². The van der Waals surface area contributed by atoms with Gasteiger partial charge in [-0.2, -0.15) is 0 Å². The molecule has 3 aromatic carbocycles. The summed E-state index contributed by atoms with van der Waals surface area (Å²) >= 11 is 7.73. The summed E-state index contributed by atoms with van der Waals surface area (Å²) < 4.78 is 6.99. The van der Waals surface area contributed by atoms with Gasteiger partial charge in [0.2, 0.25) is 5.91 Å². The van der Waals surface area contributed by atoms with Gasteiger partial charge in [-0.15, -0.1) is 11.3 Å². The maximum atomic E-state index is 12.6. The van der Waals surface area contributed by atoms with Gasteiger partial charge in [0.1, 0.15) is 5.01 Å². The Balaban J connectivity index is 1.54. The lowest BCUT2D eigenvalue weighted by Crippen LogP contribution is -2.28. The van der Waals surface area contributed by atoms with Gasteiger partial charge in [-0.1, -0.05) is 35.9 Å². The van der Waals surface area contributed by atoms with Crippen molar-refractivity contribution in [3.8, 4) is 33.0 Å². The van der Waals surface area contributed by atoms with E-state index in [0.29, 0.717) is 17.0 Å². The standard InChI is InChI=1S/C34H30ClN3O4S/c1-18-15-25-31(29(19-9-11-21(35)12-10-19)28(18)30(33(40)41)42-34(2,3)4)43-32(37-25)20-13-14-36-24(16-20)22-7-6-8-26-23(22)17-27(39)38(26)5/h6-16,30H,17H2,1-5H3,(H,40,41). The van der Waals surface area contributed by atoms with Crippen LogP contribution in [0.25, 0.3) is 43.2 Å². The molecule has 6 rings (SSSR count). The van der Waals surface area contributed by atoms with Gasteiger partial charge in [0.25, 0.3) is 0 Å². The quantitative estimate of drug-likeness (QED) is 0.208. The minimum absolute atomic E-state index is 0.0563. The van der Waals surface area contributed by atoms with Crippen molar-refractivity contribution in [1.82, 2.24) is 9.97 Å². The van der Waals surface area contributed by atoms with Crippen LogP contribution in [0, 0.1) is 6.92 Å². The van der Waals surface area contributed by atoms with E-state index >= 15 is 0 Å². The SMILES string of the molecule is Cc1cc2nc(-c3ccnc(-c4cccc5c4CC(=O)N5C)c3)sc2c(-c2ccc(Cl)cc2)c1C(OC(C)(C)C)C(=O)O. The summed E-state index contributed by atoms with van der Waals surface area (Å²) in [5, 5.41) is 11.7. The molecule has 5 aromatic rings. The Morgan fingerprint density at radius 2 is 1.84 bits per heavy atom. The number of hydrogen-bond acceptors (Lipinski definition) is 6. The van der Waals surface area contributed by atoms with Crippen LogP contribution in [0.15, 0.2) is 66.9 Å². The van der Waals surface area contributed by atoms with Crippen molar-refractivity contribution in [3.05, 3.63) is 88.6 Å². The number of carboxylic acids is 1. The summed E-state index contributed by atoms with van der Waals surface area (Å²) in [6.07, 6.45) is 0.905. The number of halogens is 1.